The molecule has 8 nitrogen and oxygen atoms in total. The molecule has 2 atom stereocenters. The molecule has 9 heteroatoms. The van der Waals surface area contributed by atoms with Crippen molar-refractivity contribution in [2.24, 2.45) is 0 Å². The summed E-state index contributed by atoms with van der Waals surface area (Å²) in [4.78, 5) is 13.7. The lowest BCUT2D eigenvalue weighted by atomic mass is 9.86. The fraction of sp³-hybridized carbons (Fsp3) is 0.387. The zero-order valence-corrected chi connectivity index (χ0v) is 25.0. The second kappa shape index (κ2) is 11.4. The first-order chi connectivity index (χ1) is 18.9. The first-order valence-electron chi connectivity index (χ1n) is 13.3. The van der Waals surface area contributed by atoms with Crippen LogP contribution < -0.4 is 23.8 Å². The van der Waals surface area contributed by atoms with Gasteiger partial charge in [-0.15, -0.1) is 0 Å². The number of sulfonamides is 1. The molecule has 0 bridgehead atoms. The van der Waals surface area contributed by atoms with Crippen LogP contribution in [0, 0.1) is 6.92 Å². The minimum Gasteiger partial charge on any atom is -0.497 e. The Balaban J connectivity index is 1.69. The van der Waals surface area contributed by atoms with Crippen LogP contribution in [0.3, 0.4) is 0 Å². The van der Waals surface area contributed by atoms with E-state index in [2.05, 4.69) is 26.1 Å². The van der Waals surface area contributed by atoms with Gasteiger partial charge >= 0.3 is 0 Å². The Labute approximate surface area is 237 Å². The average molecular weight is 567 g/mol. The molecule has 214 valence electrons. The Kier molecular flexibility index (Phi) is 8.35. The van der Waals surface area contributed by atoms with Crippen LogP contribution in [0.4, 0.5) is 5.69 Å². The van der Waals surface area contributed by atoms with Gasteiger partial charge in [0.25, 0.3) is 15.9 Å². The number of rotatable bonds is 8. The number of anilines is 1. The number of nitrogens with one attached hydrogen (secondary N) is 1. The lowest BCUT2D eigenvalue weighted by molar-refractivity contribution is -0.128. The number of carbonyl (C=O) groups excluding carboxylic acids is 1. The van der Waals surface area contributed by atoms with Gasteiger partial charge < -0.3 is 19.5 Å². The summed E-state index contributed by atoms with van der Waals surface area (Å²) in [5.74, 6) is 1.27. The van der Waals surface area contributed by atoms with Crippen molar-refractivity contribution in [3.05, 3.63) is 77.4 Å². The van der Waals surface area contributed by atoms with Crippen LogP contribution in [-0.4, -0.2) is 41.2 Å². The van der Waals surface area contributed by atoms with Crippen LogP contribution in [-0.2, 0) is 20.2 Å². The summed E-state index contributed by atoms with van der Waals surface area (Å²) in [5, 5.41) is 3.07. The Bertz CT molecular complexity index is 1480. The van der Waals surface area contributed by atoms with Gasteiger partial charge in [-0.1, -0.05) is 45.9 Å². The molecule has 0 radical (unpaired) electrons. The number of ether oxygens (including phenoxy) is 3. The number of nitrogens with zero attached hydrogens (tertiary/aromatic N) is 1. The largest absolute Gasteiger partial charge is 0.497 e. The van der Waals surface area contributed by atoms with Gasteiger partial charge in [0.05, 0.1) is 37.4 Å². The molecular weight excluding hydrogens is 528 g/mol. The minimum absolute atomic E-state index is 0.0987. The number of hydrogen-bond acceptors (Lipinski definition) is 6. The monoisotopic (exact) mass is 566 g/mol. The molecule has 4 rings (SSSR count). The standard InChI is InChI=1S/C31H38N2O6S/c1-8-25(21-9-15-27(38-7)20(2)17-21)32-30(34)29-19-33(40(35,36)24-13-11-23(37-6)12-14-24)26-18-22(31(3,4)5)10-16-28(26)39-29/h9-18,25,29H,8,19H2,1-7H3,(H,32,34)/t25-,29-/m0/s1. The maximum absolute atomic E-state index is 14.0. The van der Waals surface area contributed by atoms with E-state index >= 15 is 0 Å². The molecule has 3 aromatic rings. The van der Waals surface area contributed by atoms with Gasteiger partial charge in [0, 0.05) is 0 Å². The highest BCUT2D eigenvalue weighted by molar-refractivity contribution is 7.92. The molecule has 1 heterocycles. The summed E-state index contributed by atoms with van der Waals surface area (Å²) in [6.07, 6.45) is -0.404. The topological polar surface area (TPSA) is 94.2 Å². The number of amides is 1. The second-order valence-electron chi connectivity index (χ2n) is 10.9. The lowest BCUT2D eigenvalue weighted by Crippen LogP contribution is -2.51. The van der Waals surface area contributed by atoms with Gasteiger partial charge in [0.15, 0.2) is 6.10 Å². The van der Waals surface area contributed by atoms with Crippen LogP contribution in [0.5, 0.6) is 17.2 Å². The normalized spacial score (nSPS) is 16.0. The molecular formula is C31H38N2O6S. The molecule has 1 N–H and O–H groups in total. The SMILES string of the molecule is CC[C@H](NC(=O)[C@@H]1CN(S(=O)(=O)c2ccc(OC)cc2)c2cc(C(C)(C)C)ccc2O1)c1ccc(OC)c(C)c1. The molecule has 0 saturated heterocycles. The third-order valence-corrected chi connectivity index (χ3v) is 8.97. The fourth-order valence-corrected chi connectivity index (χ4v) is 6.23. The molecule has 0 aromatic heterocycles. The highest BCUT2D eigenvalue weighted by Gasteiger charge is 2.39. The molecule has 1 amide bonds. The maximum atomic E-state index is 14.0. The minimum atomic E-state index is -4.02. The molecule has 0 saturated carbocycles. The molecule has 1 aliphatic heterocycles. The molecule has 0 spiro atoms. The molecule has 0 fully saturated rings. The Morgan fingerprint density at radius 1 is 1.05 bits per heavy atom. The van der Waals surface area contributed by atoms with Crippen molar-refractivity contribution in [3.8, 4) is 17.2 Å². The summed E-state index contributed by atoms with van der Waals surface area (Å²) < 4.78 is 45.9. The lowest BCUT2D eigenvalue weighted by Gasteiger charge is -2.36. The molecule has 40 heavy (non-hydrogen) atoms. The summed E-state index contributed by atoms with van der Waals surface area (Å²) in [7, 11) is -0.881. The number of methoxy groups -OCH3 is 2. The van der Waals surface area contributed by atoms with Crippen LogP contribution in [0.15, 0.2) is 65.6 Å². The summed E-state index contributed by atoms with van der Waals surface area (Å²) in [5.41, 5.74) is 3.03. The van der Waals surface area contributed by atoms with E-state index in [-0.39, 0.29) is 28.8 Å². The number of benzene rings is 3. The summed E-state index contributed by atoms with van der Waals surface area (Å²) in [6.45, 7) is 9.94. The van der Waals surface area contributed by atoms with E-state index in [0.717, 1.165) is 22.4 Å². The van der Waals surface area contributed by atoms with Crippen LogP contribution in [0.2, 0.25) is 0 Å². The Morgan fingerprint density at radius 3 is 2.33 bits per heavy atom. The van der Waals surface area contributed by atoms with Crippen molar-refractivity contribution in [2.75, 3.05) is 25.1 Å². The number of hydrogen-bond donors (Lipinski definition) is 1. The predicted molar refractivity (Wildman–Crippen MR) is 156 cm³/mol. The van der Waals surface area contributed by atoms with Crippen molar-refractivity contribution in [1.82, 2.24) is 5.32 Å². The highest BCUT2D eigenvalue weighted by atomic mass is 32.2. The molecule has 3 aromatic carbocycles. The Morgan fingerprint density at radius 2 is 1.75 bits per heavy atom. The second-order valence-corrected chi connectivity index (χ2v) is 12.8. The predicted octanol–water partition coefficient (Wildman–Crippen LogP) is 5.53. The Hall–Kier alpha value is -3.72. The maximum Gasteiger partial charge on any atom is 0.264 e. The fourth-order valence-electron chi connectivity index (χ4n) is 4.76. The van der Waals surface area contributed by atoms with E-state index in [4.69, 9.17) is 14.2 Å². The van der Waals surface area contributed by atoms with Crippen molar-refractivity contribution < 1.29 is 27.4 Å². The van der Waals surface area contributed by atoms with E-state index in [0.29, 0.717) is 23.6 Å². The van der Waals surface area contributed by atoms with Crippen LogP contribution >= 0.6 is 0 Å². The van der Waals surface area contributed by atoms with Crippen LogP contribution in [0.1, 0.15) is 56.8 Å². The first-order valence-corrected chi connectivity index (χ1v) is 14.8. The third kappa shape index (κ3) is 5.89. The highest BCUT2D eigenvalue weighted by Crippen LogP contribution is 2.40. The zero-order valence-electron chi connectivity index (χ0n) is 24.1. The summed E-state index contributed by atoms with van der Waals surface area (Å²) in [6, 6.07) is 17.2. The zero-order chi connectivity index (χ0) is 29.2. The molecule has 0 aliphatic carbocycles. The first kappa shape index (κ1) is 29.3. The van der Waals surface area contributed by atoms with Crippen molar-refractivity contribution >= 4 is 21.6 Å². The smallest absolute Gasteiger partial charge is 0.264 e. The number of aryl methyl sites for hydroxylation is 1. The average Bonchev–Trinajstić information content (AvgIpc) is 2.94. The van der Waals surface area contributed by atoms with Gasteiger partial charge in [0.1, 0.15) is 17.2 Å². The van der Waals surface area contributed by atoms with E-state index in [1.165, 1.54) is 23.5 Å². The van der Waals surface area contributed by atoms with Gasteiger partial charge in [-0.2, -0.15) is 0 Å². The van der Waals surface area contributed by atoms with E-state index in [1.807, 2.05) is 44.2 Å². The molecule has 1 aliphatic rings. The van der Waals surface area contributed by atoms with Crippen LogP contribution in [0.25, 0.3) is 0 Å². The van der Waals surface area contributed by atoms with Gasteiger partial charge in [-0.05, 0) is 77.9 Å². The van der Waals surface area contributed by atoms with Gasteiger partial charge in [0.2, 0.25) is 0 Å². The van der Waals surface area contributed by atoms with E-state index < -0.39 is 16.1 Å². The number of carbonyl (C=O) groups is 1. The van der Waals surface area contributed by atoms with Crippen molar-refractivity contribution in [3.63, 3.8) is 0 Å². The third-order valence-electron chi connectivity index (χ3n) is 7.18. The van der Waals surface area contributed by atoms with E-state index in [9.17, 15) is 13.2 Å². The van der Waals surface area contributed by atoms with E-state index in [1.54, 1.807) is 25.3 Å². The summed E-state index contributed by atoms with van der Waals surface area (Å²) >= 11 is 0. The van der Waals surface area contributed by atoms with Gasteiger partial charge in [-0.3, -0.25) is 9.10 Å². The van der Waals surface area contributed by atoms with Crippen molar-refractivity contribution in [1.29, 1.82) is 0 Å². The van der Waals surface area contributed by atoms with Crippen molar-refractivity contribution in [2.45, 2.75) is 63.5 Å². The van der Waals surface area contributed by atoms with Gasteiger partial charge in [-0.25, -0.2) is 8.42 Å². The number of fused-ring (bicyclic) bond motifs is 1. The molecule has 0 unspecified atom stereocenters. The quantitative estimate of drug-likeness (QED) is 0.385.